The van der Waals surface area contributed by atoms with E-state index in [1.807, 2.05) is 25.3 Å². The lowest BCUT2D eigenvalue weighted by Crippen LogP contribution is -2.14. The van der Waals surface area contributed by atoms with Gasteiger partial charge in [0.1, 0.15) is 18.1 Å². The zero-order chi connectivity index (χ0) is 13.8. The molecule has 2 aromatic rings. The Labute approximate surface area is 112 Å². The molecule has 1 saturated heterocycles. The van der Waals surface area contributed by atoms with Gasteiger partial charge in [-0.15, -0.1) is 0 Å². The second-order valence-electron chi connectivity index (χ2n) is 4.26. The van der Waals surface area contributed by atoms with E-state index in [0.29, 0.717) is 0 Å². The number of nitrogens with zero attached hydrogens (tertiary/aromatic N) is 4. The molecular weight excluding hydrogens is 244 g/mol. The summed E-state index contributed by atoms with van der Waals surface area (Å²) in [4.78, 5) is 12.7. The highest BCUT2D eigenvalue weighted by atomic mass is 16.5. The number of hydrogen-bond acceptors (Lipinski definition) is 5. The quantitative estimate of drug-likeness (QED) is 0.895. The van der Waals surface area contributed by atoms with Crippen molar-refractivity contribution in [1.29, 1.82) is 0 Å². The molecule has 0 spiro atoms. The summed E-state index contributed by atoms with van der Waals surface area (Å²) in [5.41, 5.74) is 2.47. The summed E-state index contributed by atoms with van der Waals surface area (Å²) in [5.74, 6) is 0. The van der Waals surface area contributed by atoms with Crippen molar-refractivity contribution in [3.8, 4) is 0 Å². The molecule has 2 unspecified atom stereocenters. The Bertz CT molecular complexity index is 540. The molecule has 1 aliphatic heterocycles. The van der Waals surface area contributed by atoms with Crippen LogP contribution >= 0.6 is 0 Å². The van der Waals surface area contributed by atoms with Crippen LogP contribution in [0.3, 0.4) is 0 Å². The van der Waals surface area contributed by atoms with E-state index in [9.17, 15) is 0 Å². The Kier molecular flexibility index (Phi) is 4.44. The summed E-state index contributed by atoms with van der Waals surface area (Å²) < 4.78 is 7.63. The first-order valence-electron chi connectivity index (χ1n) is 6.70. The Balaban J connectivity index is 0.000000637. The van der Waals surface area contributed by atoms with E-state index in [0.717, 1.165) is 29.7 Å². The van der Waals surface area contributed by atoms with Crippen LogP contribution in [0.15, 0.2) is 12.7 Å². The van der Waals surface area contributed by atoms with Gasteiger partial charge in [0.15, 0.2) is 5.65 Å². The maximum Gasteiger partial charge on any atom is 0.165 e. The lowest BCUT2D eigenvalue weighted by atomic mass is 10.2. The van der Waals surface area contributed by atoms with Crippen LogP contribution < -0.4 is 0 Å². The van der Waals surface area contributed by atoms with Crippen molar-refractivity contribution >= 4 is 11.2 Å². The Hall–Kier alpha value is -1.53. The third-order valence-corrected chi connectivity index (χ3v) is 3.14. The minimum Gasteiger partial charge on any atom is -0.394 e. The van der Waals surface area contributed by atoms with Crippen molar-refractivity contribution in [2.45, 2.75) is 45.9 Å². The predicted molar refractivity (Wildman–Crippen MR) is 71.6 cm³/mol. The molecule has 6 heteroatoms. The number of hydrogen-bond donors (Lipinski definition) is 1. The van der Waals surface area contributed by atoms with Crippen molar-refractivity contribution in [3.63, 3.8) is 0 Å². The monoisotopic (exact) mass is 264 g/mol. The molecule has 1 fully saturated rings. The predicted octanol–water partition coefficient (Wildman–Crippen LogP) is 1.83. The number of aliphatic hydroxyl groups excluding tert-OH is 1. The minimum atomic E-state index is -0.0774. The Morgan fingerprint density at radius 1 is 1.32 bits per heavy atom. The third-order valence-electron chi connectivity index (χ3n) is 3.14. The third kappa shape index (κ3) is 2.59. The highest BCUT2D eigenvalue weighted by Gasteiger charge is 2.27. The first-order valence-corrected chi connectivity index (χ1v) is 6.70. The molecule has 3 rings (SSSR count). The summed E-state index contributed by atoms with van der Waals surface area (Å²) in [6.07, 6.45) is 4.86. The van der Waals surface area contributed by atoms with E-state index in [4.69, 9.17) is 9.84 Å². The van der Waals surface area contributed by atoms with Gasteiger partial charge in [-0.25, -0.2) is 15.0 Å². The van der Waals surface area contributed by atoms with Gasteiger partial charge in [0.05, 0.1) is 24.7 Å². The van der Waals surface area contributed by atoms with Crippen LogP contribution in [-0.2, 0) is 4.74 Å². The largest absolute Gasteiger partial charge is 0.394 e. The molecule has 19 heavy (non-hydrogen) atoms. The standard InChI is InChI=1S/C11H14N4O2.C2H6/c1-7-10-11(13-5-12-7)15(6-14-10)9-3-2-8(4-16)17-9;1-2/h5-6,8-9,16H,2-4H2,1H3;1-2H3. The summed E-state index contributed by atoms with van der Waals surface area (Å²) in [7, 11) is 0. The van der Waals surface area contributed by atoms with Gasteiger partial charge in [0, 0.05) is 0 Å². The van der Waals surface area contributed by atoms with Crippen molar-refractivity contribution in [3.05, 3.63) is 18.3 Å². The summed E-state index contributed by atoms with van der Waals surface area (Å²) in [6.45, 7) is 5.98. The molecule has 0 aromatic carbocycles. The number of fused-ring (bicyclic) bond motifs is 1. The molecule has 2 atom stereocenters. The lowest BCUT2D eigenvalue weighted by molar-refractivity contribution is -0.0207. The molecule has 2 aromatic heterocycles. The SMILES string of the molecule is CC.Cc1ncnc2c1ncn2C1CCC(CO)O1. The molecule has 1 N–H and O–H groups in total. The summed E-state index contributed by atoms with van der Waals surface area (Å²) in [6, 6.07) is 0. The fraction of sp³-hybridized carbons (Fsp3) is 0.615. The summed E-state index contributed by atoms with van der Waals surface area (Å²) >= 11 is 0. The van der Waals surface area contributed by atoms with Crippen LogP contribution in [0.1, 0.15) is 38.6 Å². The van der Waals surface area contributed by atoms with Crippen LogP contribution in [-0.4, -0.2) is 37.3 Å². The van der Waals surface area contributed by atoms with E-state index >= 15 is 0 Å². The van der Waals surface area contributed by atoms with Crippen LogP contribution in [0.2, 0.25) is 0 Å². The van der Waals surface area contributed by atoms with Gasteiger partial charge in [0.2, 0.25) is 0 Å². The van der Waals surface area contributed by atoms with Gasteiger partial charge >= 0.3 is 0 Å². The minimum absolute atomic E-state index is 0.0666. The second-order valence-corrected chi connectivity index (χ2v) is 4.26. The fourth-order valence-electron chi connectivity index (χ4n) is 2.21. The van der Waals surface area contributed by atoms with Crippen molar-refractivity contribution in [1.82, 2.24) is 19.5 Å². The molecular formula is C13H20N4O2. The topological polar surface area (TPSA) is 73.1 Å². The van der Waals surface area contributed by atoms with Gasteiger partial charge < -0.3 is 9.84 Å². The van der Waals surface area contributed by atoms with E-state index in [1.54, 1.807) is 6.33 Å². The van der Waals surface area contributed by atoms with Crippen LogP contribution in [0.25, 0.3) is 11.2 Å². The Morgan fingerprint density at radius 2 is 2.11 bits per heavy atom. The smallest absolute Gasteiger partial charge is 0.165 e. The first-order chi connectivity index (χ1) is 9.29. The molecule has 3 heterocycles. The van der Waals surface area contributed by atoms with E-state index in [1.165, 1.54) is 6.33 Å². The lowest BCUT2D eigenvalue weighted by Gasteiger charge is -2.13. The van der Waals surface area contributed by atoms with Gasteiger partial charge in [-0.1, -0.05) is 13.8 Å². The van der Waals surface area contributed by atoms with Gasteiger partial charge in [-0.05, 0) is 19.8 Å². The van der Waals surface area contributed by atoms with E-state index in [-0.39, 0.29) is 18.9 Å². The molecule has 0 saturated carbocycles. The van der Waals surface area contributed by atoms with Crippen molar-refractivity contribution in [2.75, 3.05) is 6.61 Å². The second kappa shape index (κ2) is 6.08. The average Bonchev–Trinajstić information content (AvgIpc) is 3.07. The average molecular weight is 264 g/mol. The number of imidazole rings is 1. The summed E-state index contributed by atoms with van der Waals surface area (Å²) in [5, 5.41) is 9.06. The van der Waals surface area contributed by atoms with Gasteiger partial charge in [0.25, 0.3) is 0 Å². The normalized spacial score (nSPS) is 22.3. The number of rotatable bonds is 2. The number of aliphatic hydroxyl groups is 1. The fourth-order valence-corrected chi connectivity index (χ4v) is 2.21. The van der Waals surface area contributed by atoms with E-state index < -0.39 is 0 Å². The molecule has 0 bridgehead atoms. The van der Waals surface area contributed by atoms with Crippen molar-refractivity contribution in [2.24, 2.45) is 0 Å². The maximum atomic E-state index is 9.06. The number of aryl methyl sites for hydroxylation is 1. The number of aromatic nitrogens is 4. The number of ether oxygens (including phenoxy) is 1. The Morgan fingerprint density at radius 3 is 2.79 bits per heavy atom. The zero-order valence-corrected chi connectivity index (χ0v) is 11.6. The first kappa shape index (κ1) is 13.9. The van der Waals surface area contributed by atoms with Crippen LogP contribution in [0, 0.1) is 6.92 Å². The van der Waals surface area contributed by atoms with Crippen LogP contribution in [0.5, 0.6) is 0 Å². The zero-order valence-electron chi connectivity index (χ0n) is 11.6. The van der Waals surface area contributed by atoms with Gasteiger partial charge in [-0.2, -0.15) is 0 Å². The maximum absolute atomic E-state index is 9.06. The molecule has 1 aliphatic rings. The van der Waals surface area contributed by atoms with Crippen molar-refractivity contribution < 1.29 is 9.84 Å². The van der Waals surface area contributed by atoms with Crippen LogP contribution in [0.4, 0.5) is 0 Å². The molecule has 0 amide bonds. The molecule has 6 nitrogen and oxygen atoms in total. The molecule has 0 radical (unpaired) electrons. The highest BCUT2D eigenvalue weighted by Crippen LogP contribution is 2.30. The molecule has 0 aliphatic carbocycles. The molecule has 104 valence electrons. The van der Waals surface area contributed by atoms with E-state index in [2.05, 4.69) is 15.0 Å². The highest BCUT2D eigenvalue weighted by molar-refractivity contribution is 5.72. The van der Waals surface area contributed by atoms with Gasteiger partial charge in [-0.3, -0.25) is 4.57 Å².